The lowest BCUT2D eigenvalue weighted by molar-refractivity contribution is -0.122. The van der Waals surface area contributed by atoms with E-state index in [1.807, 2.05) is 12.1 Å². The van der Waals surface area contributed by atoms with Crippen LogP contribution >= 0.6 is 0 Å². The second-order valence-corrected chi connectivity index (χ2v) is 8.07. The van der Waals surface area contributed by atoms with E-state index in [2.05, 4.69) is 10.6 Å². The van der Waals surface area contributed by atoms with Crippen molar-refractivity contribution in [3.63, 3.8) is 0 Å². The van der Waals surface area contributed by atoms with E-state index in [0.717, 1.165) is 64.0 Å². The zero-order valence-electron chi connectivity index (χ0n) is 16.6. The molecule has 6 nitrogen and oxygen atoms in total. The third kappa shape index (κ3) is 6.04. The summed E-state index contributed by atoms with van der Waals surface area (Å²) in [6, 6.07) is 7.50. The molecule has 2 fully saturated rings. The van der Waals surface area contributed by atoms with Gasteiger partial charge in [0.05, 0.1) is 0 Å². The van der Waals surface area contributed by atoms with Crippen LogP contribution in [0.1, 0.15) is 54.4 Å². The molecule has 1 atom stereocenters. The molecule has 2 aliphatic heterocycles. The van der Waals surface area contributed by atoms with Crippen molar-refractivity contribution < 1.29 is 14.3 Å². The van der Waals surface area contributed by atoms with Crippen LogP contribution in [0.3, 0.4) is 0 Å². The van der Waals surface area contributed by atoms with Gasteiger partial charge >= 0.3 is 0 Å². The van der Waals surface area contributed by atoms with E-state index in [4.69, 9.17) is 10.5 Å². The number of nitrogens with one attached hydrogen (secondary N) is 2. The minimum atomic E-state index is -0.442. The van der Waals surface area contributed by atoms with Gasteiger partial charge in [-0.2, -0.15) is 0 Å². The standard InChI is InChI=1S/C22H33N3O3/c23-22(27)19-4-2-1-3-17(19)5-6-21(26)25-20(18-7-11-24-12-8-18)15-16-9-13-28-14-10-16/h1-4,16,18,20,24H,5-15H2,(H2,23,27)(H,25,26)/t20-/m1/s1. The summed E-state index contributed by atoms with van der Waals surface area (Å²) in [4.78, 5) is 24.3. The fourth-order valence-electron chi connectivity index (χ4n) is 4.46. The second kappa shape index (κ2) is 10.6. The summed E-state index contributed by atoms with van der Waals surface area (Å²) in [5.74, 6) is 0.786. The molecular formula is C22H33N3O3. The van der Waals surface area contributed by atoms with Crippen molar-refractivity contribution in [1.29, 1.82) is 0 Å². The normalized spacial score (nSPS) is 19.9. The van der Waals surface area contributed by atoms with Crippen LogP contribution in [0.2, 0.25) is 0 Å². The molecule has 4 N–H and O–H groups in total. The lowest BCUT2D eigenvalue weighted by Crippen LogP contribution is -2.45. The number of hydrogen-bond donors (Lipinski definition) is 3. The number of benzene rings is 1. The molecule has 0 bridgehead atoms. The van der Waals surface area contributed by atoms with Crippen LogP contribution in [0.15, 0.2) is 24.3 Å². The Morgan fingerprint density at radius 1 is 1.14 bits per heavy atom. The van der Waals surface area contributed by atoms with E-state index >= 15 is 0 Å². The summed E-state index contributed by atoms with van der Waals surface area (Å²) in [5, 5.41) is 6.74. The van der Waals surface area contributed by atoms with E-state index in [-0.39, 0.29) is 11.9 Å². The largest absolute Gasteiger partial charge is 0.381 e. The molecule has 0 unspecified atom stereocenters. The topological polar surface area (TPSA) is 93.5 Å². The van der Waals surface area contributed by atoms with Crippen molar-refractivity contribution in [1.82, 2.24) is 10.6 Å². The predicted octanol–water partition coefficient (Wildman–Crippen LogP) is 2.02. The molecule has 3 rings (SSSR count). The molecule has 0 aromatic heterocycles. The smallest absolute Gasteiger partial charge is 0.248 e. The molecule has 0 aliphatic carbocycles. The molecule has 2 saturated heterocycles. The summed E-state index contributed by atoms with van der Waals surface area (Å²) in [6.45, 7) is 3.72. The van der Waals surface area contributed by atoms with E-state index in [1.54, 1.807) is 12.1 Å². The molecule has 0 spiro atoms. The van der Waals surface area contributed by atoms with Gasteiger partial charge in [0.1, 0.15) is 0 Å². The average Bonchev–Trinajstić information content (AvgIpc) is 2.73. The number of piperidine rings is 1. The SMILES string of the molecule is NC(=O)c1ccccc1CCC(=O)N[C@H](CC1CCOCC1)C1CCNCC1. The minimum absolute atomic E-state index is 0.0647. The first kappa shape index (κ1) is 20.8. The minimum Gasteiger partial charge on any atom is -0.381 e. The zero-order valence-corrected chi connectivity index (χ0v) is 16.6. The van der Waals surface area contributed by atoms with Gasteiger partial charge in [-0.05, 0) is 75.1 Å². The Morgan fingerprint density at radius 2 is 1.86 bits per heavy atom. The predicted molar refractivity (Wildman–Crippen MR) is 109 cm³/mol. The fraction of sp³-hybridized carbons (Fsp3) is 0.636. The summed E-state index contributed by atoms with van der Waals surface area (Å²) in [6.07, 6.45) is 6.34. The van der Waals surface area contributed by atoms with Gasteiger partial charge in [0.15, 0.2) is 0 Å². The van der Waals surface area contributed by atoms with E-state index < -0.39 is 5.91 Å². The van der Waals surface area contributed by atoms with Crippen LogP contribution < -0.4 is 16.4 Å². The van der Waals surface area contributed by atoms with E-state index in [1.165, 1.54) is 0 Å². The maximum Gasteiger partial charge on any atom is 0.248 e. The Kier molecular flexibility index (Phi) is 7.86. The van der Waals surface area contributed by atoms with Crippen molar-refractivity contribution in [2.24, 2.45) is 17.6 Å². The number of ether oxygens (including phenoxy) is 1. The van der Waals surface area contributed by atoms with Crippen LogP contribution in [0, 0.1) is 11.8 Å². The number of carbonyl (C=O) groups is 2. The first-order valence-electron chi connectivity index (χ1n) is 10.6. The Morgan fingerprint density at radius 3 is 2.57 bits per heavy atom. The number of amides is 2. The molecule has 154 valence electrons. The second-order valence-electron chi connectivity index (χ2n) is 8.07. The first-order valence-corrected chi connectivity index (χ1v) is 10.6. The number of aryl methyl sites for hydroxylation is 1. The molecule has 2 amide bonds. The Labute approximate surface area is 167 Å². The highest BCUT2D eigenvalue weighted by Gasteiger charge is 2.28. The first-order chi connectivity index (χ1) is 13.6. The Hall–Kier alpha value is -1.92. The van der Waals surface area contributed by atoms with Gasteiger partial charge in [-0.3, -0.25) is 9.59 Å². The highest BCUT2D eigenvalue weighted by Crippen LogP contribution is 2.27. The van der Waals surface area contributed by atoms with Crippen molar-refractivity contribution in [3.05, 3.63) is 35.4 Å². The quantitative estimate of drug-likeness (QED) is 0.636. The van der Waals surface area contributed by atoms with Crippen LogP contribution in [0.5, 0.6) is 0 Å². The Bertz CT molecular complexity index is 652. The molecule has 1 aromatic carbocycles. The molecule has 28 heavy (non-hydrogen) atoms. The molecule has 1 aromatic rings. The van der Waals surface area contributed by atoms with Crippen molar-refractivity contribution >= 4 is 11.8 Å². The van der Waals surface area contributed by atoms with E-state index in [9.17, 15) is 9.59 Å². The molecule has 2 aliphatic rings. The van der Waals surface area contributed by atoms with Crippen molar-refractivity contribution in [3.8, 4) is 0 Å². The fourth-order valence-corrected chi connectivity index (χ4v) is 4.46. The van der Waals surface area contributed by atoms with Crippen LogP contribution in [0.25, 0.3) is 0 Å². The average molecular weight is 388 g/mol. The number of nitrogens with two attached hydrogens (primary N) is 1. The summed E-state index contributed by atoms with van der Waals surface area (Å²) in [7, 11) is 0. The summed E-state index contributed by atoms with van der Waals surface area (Å²) < 4.78 is 5.49. The molecule has 2 heterocycles. The van der Waals surface area contributed by atoms with Crippen molar-refractivity contribution in [2.45, 2.75) is 51.0 Å². The van der Waals surface area contributed by atoms with Gasteiger partial charge in [0, 0.05) is 31.2 Å². The van der Waals surface area contributed by atoms with Gasteiger partial charge in [0.25, 0.3) is 0 Å². The lowest BCUT2D eigenvalue weighted by atomic mass is 9.82. The number of primary amides is 1. The maximum atomic E-state index is 12.7. The number of rotatable bonds is 8. The molecular weight excluding hydrogens is 354 g/mol. The third-order valence-electron chi connectivity index (χ3n) is 6.13. The van der Waals surface area contributed by atoms with Gasteiger partial charge < -0.3 is 21.1 Å². The number of hydrogen-bond acceptors (Lipinski definition) is 4. The van der Waals surface area contributed by atoms with Gasteiger partial charge in [-0.25, -0.2) is 0 Å². The summed E-state index contributed by atoms with van der Waals surface area (Å²) >= 11 is 0. The summed E-state index contributed by atoms with van der Waals surface area (Å²) in [5.41, 5.74) is 6.80. The molecule has 0 saturated carbocycles. The molecule has 6 heteroatoms. The van der Waals surface area contributed by atoms with E-state index in [0.29, 0.717) is 30.2 Å². The van der Waals surface area contributed by atoms with Crippen LogP contribution in [-0.4, -0.2) is 44.2 Å². The zero-order chi connectivity index (χ0) is 19.8. The van der Waals surface area contributed by atoms with Crippen molar-refractivity contribution in [2.75, 3.05) is 26.3 Å². The highest BCUT2D eigenvalue weighted by molar-refractivity contribution is 5.94. The van der Waals surface area contributed by atoms with Crippen LogP contribution in [0.4, 0.5) is 0 Å². The number of carbonyl (C=O) groups excluding carboxylic acids is 2. The van der Waals surface area contributed by atoms with Gasteiger partial charge in [0.2, 0.25) is 11.8 Å². The highest BCUT2D eigenvalue weighted by atomic mass is 16.5. The van der Waals surface area contributed by atoms with Gasteiger partial charge in [-0.15, -0.1) is 0 Å². The monoisotopic (exact) mass is 387 g/mol. The van der Waals surface area contributed by atoms with Crippen LogP contribution in [-0.2, 0) is 16.0 Å². The lowest BCUT2D eigenvalue weighted by Gasteiger charge is -2.34. The Balaban J connectivity index is 1.57. The van der Waals surface area contributed by atoms with Gasteiger partial charge in [-0.1, -0.05) is 18.2 Å². The molecule has 0 radical (unpaired) electrons. The third-order valence-corrected chi connectivity index (χ3v) is 6.13. The maximum absolute atomic E-state index is 12.7.